The molecule has 3 N–H and O–H groups in total. The lowest BCUT2D eigenvalue weighted by Crippen LogP contribution is -2.38. The molecule has 0 radical (unpaired) electrons. The summed E-state index contributed by atoms with van der Waals surface area (Å²) in [5.74, 6) is 0.0132. The minimum absolute atomic E-state index is 0. The molecule has 1 saturated heterocycles. The Hall–Kier alpha value is -3.49. The third-order valence-electron chi connectivity index (χ3n) is 7.12. The van der Waals surface area contributed by atoms with Gasteiger partial charge in [0.2, 0.25) is 5.91 Å². The van der Waals surface area contributed by atoms with Crippen molar-refractivity contribution in [1.29, 1.82) is 5.41 Å². The second-order valence-corrected chi connectivity index (χ2v) is 10.6. The molecule has 0 unspecified atom stereocenters. The van der Waals surface area contributed by atoms with Crippen molar-refractivity contribution in [3.63, 3.8) is 0 Å². The fraction of sp³-hybridized carbons (Fsp3) is 0.323. The largest absolute Gasteiger partial charge is 0.491 e. The Bertz CT molecular complexity index is 1280. The molecule has 1 aliphatic rings. The van der Waals surface area contributed by atoms with Crippen LogP contribution in [0.3, 0.4) is 0 Å². The lowest BCUT2D eigenvalue weighted by molar-refractivity contribution is -0.144. The number of amides is 1. The quantitative estimate of drug-likeness (QED) is 0.125. The van der Waals surface area contributed by atoms with Crippen molar-refractivity contribution in [1.82, 2.24) is 4.90 Å². The molecule has 1 amide bonds. The van der Waals surface area contributed by atoms with Crippen LogP contribution in [0.1, 0.15) is 30.4 Å². The second kappa shape index (κ2) is 14.8. The summed E-state index contributed by atoms with van der Waals surface area (Å²) in [5.41, 5.74) is 9.53. The number of thioether (sulfide) groups is 1. The Balaban J connectivity index is 0.00000441. The maximum absolute atomic E-state index is 13.2. The van der Waals surface area contributed by atoms with Crippen LogP contribution in [0.15, 0.2) is 77.7 Å². The Kier molecular flexibility index (Phi) is 11.5. The number of carbonyl (C=O) groups excluding carboxylic acids is 2. The molecule has 1 aliphatic heterocycles. The normalized spacial score (nSPS) is 16.4. The smallest absolute Gasteiger partial charge is 0.306 e. The van der Waals surface area contributed by atoms with E-state index >= 15 is 0 Å². The summed E-state index contributed by atoms with van der Waals surface area (Å²) in [5, 5.41) is 7.54. The van der Waals surface area contributed by atoms with Crippen LogP contribution in [0, 0.1) is 11.3 Å². The van der Waals surface area contributed by atoms with E-state index in [0.717, 1.165) is 29.7 Å². The second-order valence-electron chi connectivity index (χ2n) is 9.68. The minimum Gasteiger partial charge on any atom is -0.491 e. The van der Waals surface area contributed by atoms with Crippen LogP contribution in [-0.4, -0.2) is 55.2 Å². The Morgan fingerprint density at radius 1 is 1.02 bits per heavy atom. The third-order valence-corrected chi connectivity index (χ3v) is 7.86. The number of nitrogens with two attached hydrogens (primary N) is 1. The van der Waals surface area contributed by atoms with Gasteiger partial charge in [-0.25, -0.2) is 0 Å². The summed E-state index contributed by atoms with van der Waals surface area (Å²) < 4.78 is 10.9. The van der Waals surface area contributed by atoms with E-state index in [0.29, 0.717) is 25.1 Å². The molecule has 9 heteroatoms. The summed E-state index contributed by atoms with van der Waals surface area (Å²) in [6.07, 6.45) is 4.43. The summed E-state index contributed by atoms with van der Waals surface area (Å²) in [4.78, 5) is 28.2. The van der Waals surface area contributed by atoms with E-state index < -0.39 is 0 Å². The van der Waals surface area contributed by atoms with E-state index in [1.54, 1.807) is 11.8 Å². The number of nitrogens with zero attached hydrogens (tertiary/aromatic N) is 1. The lowest BCUT2D eigenvalue weighted by atomic mass is 10.0. The van der Waals surface area contributed by atoms with Gasteiger partial charge in [-0.1, -0.05) is 48.5 Å². The zero-order valence-corrected chi connectivity index (χ0v) is 24.4. The van der Waals surface area contributed by atoms with Gasteiger partial charge in [0.1, 0.15) is 18.2 Å². The molecule has 3 aromatic carbocycles. The van der Waals surface area contributed by atoms with Crippen molar-refractivity contribution in [2.24, 2.45) is 11.7 Å². The number of nitrogen functional groups attached to an aromatic ring is 1. The Morgan fingerprint density at radius 2 is 1.65 bits per heavy atom. The van der Waals surface area contributed by atoms with Gasteiger partial charge in [-0.15, -0.1) is 24.2 Å². The number of hydrogen-bond acceptors (Lipinski definition) is 6. The van der Waals surface area contributed by atoms with Gasteiger partial charge in [-0.3, -0.25) is 15.0 Å². The average Bonchev–Trinajstić information content (AvgIpc) is 3.26. The molecule has 7 nitrogen and oxygen atoms in total. The van der Waals surface area contributed by atoms with E-state index in [1.165, 1.54) is 17.6 Å². The van der Waals surface area contributed by atoms with Gasteiger partial charge < -0.3 is 20.1 Å². The first-order valence-corrected chi connectivity index (χ1v) is 14.3. The van der Waals surface area contributed by atoms with Crippen molar-refractivity contribution < 1.29 is 19.1 Å². The number of halogens is 1. The van der Waals surface area contributed by atoms with Crippen LogP contribution in [0.25, 0.3) is 11.1 Å². The van der Waals surface area contributed by atoms with Crippen molar-refractivity contribution in [3.8, 4) is 16.9 Å². The molecule has 0 aromatic heterocycles. The Morgan fingerprint density at radius 3 is 2.23 bits per heavy atom. The van der Waals surface area contributed by atoms with Gasteiger partial charge >= 0.3 is 5.97 Å². The number of rotatable bonds is 12. The number of likely N-dealkylation sites (tertiary alicyclic amines) is 1. The molecule has 0 bridgehead atoms. The highest BCUT2D eigenvalue weighted by molar-refractivity contribution is 7.98. The number of hydrogen-bond donors (Lipinski definition) is 2. The van der Waals surface area contributed by atoms with E-state index in [1.807, 2.05) is 53.4 Å². The maximum atomic E-state index is 13.2. The SMILES string of the molecule is COC(=O)C[C@@H]1C[C@@H](COc2ccc(-c3ccc(C(=N)N)cc3)cc2)N(CCCc2ccc(SC)cc2)C1=O.Cl. The zero-order valence-electron chi connectivity index (χ0n) is 22.8. The first-order chi connectivity index (χ1) is 18.9. The molecule has 212 valence electrons. The molecular formula is C31H36ClN3O4S. The van der Waals surface area contributed by atoms with Crippen LogP contribution >= 0.6 is 24.2 Å². The van der Waals surface area contributed by atoms with Crippen molar-refractivity contribution in [3.05, 3.63) is 83.9 Å². The van der Waals surface area contributed by atoms with Gasteiger partial charge in [-0.2, -0.15) is 0 Å². The number of esters is 1. The number of aryl methyl sites for hydroxylation is 1. The van der Waals surface area contributed by atoms with Gasteiger partial charge in [0.15, 0.2) is 0 Å². The standard InChI is InChI=1S/C31H35N3O4S.ClH/c1-37-29(35)19-25-18-26(34(31(25)36)17-3-4-21-5-15-28(39-2)16-6-21)20-38-27-13-11-23(12-14-27)22-7-9-24(10-8-22)30(32)33;/h5-16,25-26H,3-4,17-20H2,1-2H3,(H3,32,33);1H/t25-,26-;/m0./s1. The zero-order chi connectivity index (χ0) is 27.8. The number of ether oxygens (including phenoxy) is 2. The van der Waals surface area contributed by atoms with Crippen molar-refractivity contribution >= 4 is 41.9 Å². The van der Waals surface area contributed by atoms with Crippen LogP contribution in [0.4, 0.5) is 0 Å². The molecule has 1 fully saturated rings. The molecule has 0 saturated carbocycles. The highest BCUT2D eigenvalue weighted by atomic mass is 35.5. The van der Waals surface area contributed by atoms with Crippen LogP contribution in [-0.2, 0) is 20.7 Å². The molecule has 4 rings (SSSR count). The van der Waals surface area contributed by atoms with Crippen molar-refractivity contribution in [2.45, 2.75) is 36.6 Å². The number of amidine groups is 1. The van der Waals surface area contributed by atoms with Crippen LogP contribution in [0.5, 0.6) is 5.75 Å². The van der Waals surface area contributed by atoms with Crippen molar-refractivity contribution in [2.75, 3.05) is 26.5 Å². The number of methoxy groups -OCH3 is 1. The third kappa shape index (κ3) is 8.02. The predicted molar refractivity (Wildman–Crippen MR) is 162 cm³/mol. The number of benzene rings is 3. The Labute approximate surface area is 246 Å². The fourth-order valence-corrected chi connectivity index (χ4v) is 5.31. The first-order valence-electron chi connectivity index (χ1n) is 13.1. The lowest BCUT2D eigenvalue weighted by Gasteiger charge is -2.25. The molecule has 2 atom stereocenters. The molecule has 0 aliphatic carbocycles. The highest BCUT2D eigenvalue weighted by Crippen LogP contribution is 2.30. The predicted octanol–water partition coefficient (Wildman–Crippen LogP) is 5.57. The maximum Gasteiger partial charge on any atom is 0.306 e. The molecule has 1 heterocycles. The van der Waals surface area contributed by atoms with Gasteiger partial charge in [-0.05, 0) is 66.5 Å². The summed E-state index contributed by atoms with van der Waals surface area (Å²) in [7, 11) is 1.35. The fourth-order valence-electron chi connectivity index (χ4n) is 4.90. The number of carbonyl (C=O) groups is 2. The van der Waals surface area contributed by atoms with E-state index in [9.17, 15) is 9.59 Å². The van der Waals surface area contributed by atoms with E-state index in [-0.39, 0.29) is 48.5 Å². The monoisotopic (exact) mass is 581 g/mol. The average molecular weight is 582 g/mol. The summed E-state index contributed by atoms with van der Waals surface area (Å²) in [6.45, 7) is 0.975. The summed E-state index contributed by atoms with van der Waals surface area (Å²) in [6, 6.07) is 23.8. The van der Waals surface area contributed by atoms with Gasteiger partial charge in [0, 0.05) is 17.0 Å². The molecule has 40 heavy (non-hydrogen) atoms. The van der Waals surface area contributed by atoms with Gasteiger partial charge in [0.05, 0.1) is 25.5 Å². The van der Waals surface area contributed by atoms with E-state index in [2.05, 4.69) is 30.5 Å². The molecule has 0 spiro atoms. The minimum atomic E-state index is -0.382. The summed E-state index contributed by atoms with van der Waals surface area (Å²) >= 11 is 1.72. The van der Waals surface area contributed by atoms with Crippen LogP contribution < -0.4 is 10.5 Å². The number of nitrogens with one attached hydrogen (secondary N) is 1. The first kappa shape index (κ1) is 31.0. The van der Waals surface area contributed by atoms with Gasteiger partial charge in [0.25, 0.3) is 0 Å². The highest BCUT2D eigenvalue weighted by Gasteiger charge is 2.40. The molecular weight excluding hydrogens is 546 g/mol. The van der Waals surface area contributed by atoms with E-state index in [4.69, 9.17) is 20.6 Å². The molecule has 3 aromatic rings. The topological polar surface area (TPSA) is 106 Å². The van der Waals surface area contributed by atoms with Crippen LogP contribution in [0.2, 0.25) is 0 Å².